The third-order valence-electron chi connectivity index (χ3n) is 9.58. The Hall–Kier alpha value is -3.80. The molecular formula is C36H56N6O6. The molecule has 2 heterocycles. The lowest BCUT2D eigenvalue weighted by molar-refractivity contribution is -0.384. The van der Waals surface area contributed by atoms with E-state index in [2.05, 4.69) is 29.4 Å². The number of benzene rings is 1. The number of carbonyl (C=O) groups is 4. The molecule has 0 spiro atoms. The summed E-state index contributed by atoms with van der Waals surface area (Å²) in [5.74, 6) is -0.923. The number of likely N-dealkylation sites (N-methyl/N-ethyl adjacent to an activating group) is 1. The van der Waals surface area contributed by atoms with Crippen LogP contribution < -0.4 is 10.6 Å². The third-order valence-corrected chi connectivity index (χ3v) is 9.58. The molecule has 4 atom stereocenters. The van der Waals surface area contributed by atoms with Gasteiger partial charge in [-0.25, -0.2) is 0 Å². The molecule has 1 aromatic rings. The second kappa shape index (κ2) is 16.5. The summed E-state index contributed by atoms with van der Waals surface area (Å²) in [5, 5.41) is 16.9. The maximum Gasteiger partial charge on any atom is 0.269 e. The number of piperidine rings is 1. The summed E-state index contributed by atoms with van der Waals surface area (Å²) >= 11 is 0. The molecule has 2 N–H and O–H groups in total. The van der Waals surface area contributed by atoms with E-state index in [4.69, 9.17) is 0 Å². The lowest BCUT2D eigenvalue weighted by atomic mass is 9.84. The van der Waals surface area contributed by atoms with Crippen LogP contribution in [0, 0.1) is 21.4 Å². The van der Waals surface area contributed by atoms with Crippen molar-refractivity contribution in [1.82, 2.24) is 25.3 Å². The van der Waals surface area contributed by atoms with E-state index in [-0.39, 0.29) is 53.9 Å². The molecule has 0 aromatic heterocycles. The van der Waals surface area contributed by atoms with Crippen molar-refractivity contribution in [3.05, 3.63) is 51.6 Å². The fourth-order valence-electron chi connectivity index (χ4n) is 6.72. The first-order valence-corrected chi connectivity index (χ1v) is 17.3. The monoisotopic (exact) mass is 668 g/mol. The van der Waals surface area contributed by atoms with Gasteiger partial charge in [0.1, 0.15) is 12.1 Å². The summed E-state index contributed by atoms with van der Waals surface area (Å²) in [6.07, 6.45) is 5.80. The van der Waals surface area contributed by atoms with Crippen molar-refractivity contribution in [3.63, 3.8) is 0 Å². The molecule has 2 aliphatic rings. The van der Waals surface area contributed by atoms with Crippen LogP contribution in [-0.2, 0) is 25.7 Å². The fraction of sp³-hybridized carbons (Fsp3) is 0.667. The number of non-ortho nitro benzene ring substituents is 1. The zero-order valence-corrected chi connectivity index (χ0v) is 30.2. The van der Waals surface area contributed by atoms with E-state index in [1.807, 2.05) is 34.6 Å². The summed E-state index contributed by atoms with van der Waals surface area (Å²) in [6, 6.07) is 4.09. The number of nitrogens with one attached hydrogen (secondary N) is 2. The van der Waals surface area contributed by atoms with Crippen molar-refractivity contribution < 1.29 is 24.1 Å². The van der Waals surface area contributed by atoms with Gasteiger partial charge in [0.2, 0.25) is 23.6 Å². The Balaban J connectivity index is 1.73. The molecule has 12 heteroatoms. The second-order valence-electron chi connectivity index (χ2n) is 15.0. The highest BCUT2D eigenvalue weighted by molar-refractivity contribution is 5.97. The van der Waals surface area contributed by atoms with E-state index < -0.39 is 28.5 Å². The van der Waals surface area contributed by atoms with E-state index >= 15 is 0 Å². The smallest absolute Gasteiger partial charge is 0.269 e. The average molecular weight is 669 g/mol. The molecule has 0 bridgehead atoms. The number of nitro groups is 1. The van der Waals surface area contributed by atoms with Crippen LogP contribution in [0.5, 0.6) is 0 Å². The molecule has 0 unspecified atom stereocenters. The molecule has 2 fully saturated rings. The first kappa shape index (κ1) is 38.6. The Labute approximate surface area is 285 Å². The highest BCUT2D eigenvalue weighted by Crippen LogP contribution is 2.27. The molecule has 0 radical (unpaired) electrons. The molecule has 2 aliphatic heterocycles. The van der Waals surface area contributed by atoms with Crippen molar-refractivity contribution in [2.75, 3.05) is 20.1 Å². The van der Waals surface area contributed by atoms with Crippen LogP contribution in [0.1, 0.15) is 93.1 Å². The Morgan fingerprint density at radius 1 is 0.979 bits per heavy atom. The summed E-state index contributed by atoms with van der Waals surface area (Å²) < 4.78 is 0. The van der Waals surface area contributed by atoms with Gasteiger partial charge in [-0.15, -0.1) is 0 Å². The van der Waals surface area contributed by atoms with Gasteiger partial charge in [-0.1, -0.05) is 59.2 Å². The topological polar surface area (TPSA) is 145 Å². The van der Waals surface area contributed by atoms with Gasteiger partial charge in [0.05, 0.1) is 17.0 Å². The van der Waals surface area contributed by atoms with Crippen LogP contribution in [0.4, 0.5) is 5.69 Å². The molecular weight excluding hydrogens is 612 g/mol. The number of rotatable bonds is 12. The first-order chi connectivity index (χ1) is 22.4. The molecule has 266 valence electrons. The van der Waals surface area contributed by atoms with Crippen LogP contribution in [-0.4, -0.2) is 93.6 Å². The quantitative estimate of drug-likeness (QED) is 0.191. The maximum atomic E-state index is 14.1. The second-order valence-corrected chi connectivity index (χ2v) is 15.0. The normalized spacial score (nSPS) is 20.4. The lowest BCUT2D eigenvalue weighted by Gasteiger charge is -2.41. The zero-order valence-electron chi connectivity index (χ0n) is 30.2. The van der Waals surface area contributed by atoms with Crippen LogP contribution in [0.25, 0.3) is 0 Å². The Morgan fingerprint density at radius 3 is 2.17 bits per heavy atom. The van der Waals surface area contributed by atoms with E-state index in [0.29, 0.717) is 30.5 Å². The highest BCUT2D eigenvalue weighted by atomic mass is 16.6. The van der Waals surface area contributed by atoms with Crippen molar-refractivity contribution in [3.8, 4) is 0 Å². The van der Waals surface area contributed by atoms with Gasteiger partial charge < -0.3 is 20.4 Å². The van der Waals surface area contributed by atoms with Crippen LogP contribution >= 0.6 is 0 Å². The predicted octanol–water partition coefficient (Wildman–Crippen LogP) is 4.43. The van der Waals surface area contributed by atoms with Crippen molar-refractivity contribution in [2.24, 2.45) is 11.3 Å². The standard InChI is InChI=1S/C36H56N6O6/c1-23(2)30(39(9)35(46)31(36(6,7)8)38-33(44)29-13-10-11-19-40(29)24(3)4)21-25(5)34(45)41-20-12-14-28(41)32(43)37-22-26-15-17-27(18-16-26)42(47)48/h15-18,21,23-24,28-31H,10-14,19-20,22H2,1-9H3,(H,37,43)(H,38,44)/b25-21+/t28-,29+,30+,31+/m0/s1. The van der Waals surface area contributed by atoms with Gasteiger partial charge in [-0.05, 0) is 69.9 Å². The lowest BCUT2D eigenvalue weighted by Crippen LogP contribution is -2.60. The van der Waals surface area contributed by atoms with Crippen molar-refractivity contribution in [1.29, 1.82) is 0 Å². The molecule has 12 nitrogen and oxygen atoms in total. The number of carbonyl (C=O) groups excluding carboxylic acids is 4. The Morgan fingerprint density at radius 2 is 1.60 bits per heavy atom. The number of amides is 4. The SMILES string of the molecule is C/C(=C\[C@H](C(C)C)N(C)C(=O)[C@@H](NC(=O)[C@H]1CCCCN1C(C)C)C(C)(C)C)C(=O)N1CCC[C@H]1C(=O)NCc1ccc([N+](=O)[O-])cc1. The van der Waals surface area contributed by atoms with E-state index in [0.717, 1.165) is 25.8 Å². The molecule has 4 amide bonds. The summed E-state index contributed by atoms with van der Waals surface area (Å²) in [7, 11) is 1.72. The third kappa shape index (κ3) is 9.64. The Bertz CT molecular complexity index is 1350. The van der Waals surface area contributed by atoms with Gasteiger partial charge in [-0.3, -0.25) is 34.2 Å². The van der Waals surface area contributed by atoms with Gasteiger partial charge in [0, 0.05) is 43.9 Å². The van der Waals surface area contributed by atoms with Crippen LogP contribution in [0.15, 0.2) is 35.9 Å². The zero-order chi connectivity index (χ0) is 35.9. The van der Waals surface area contributed by atoms with E-state index in [1.165, 1.54) is 12.1 Å². The minimum absolute atomic E-state index is 0.0250. The summed E-state index contributed by atoms with van der Waals surface area (Å²) in [5.41, 5.74) is 0.575. The van der Waals surface area contributed by atoms with Gasteiger partial charge in [-0.2, -0.15) is 0 Å². The Kier molecular flexibility index (Phi) is 13.3. The van der Waals surface area contributed by atoms with Gasteiger partial charge >= 0.3 is 0 Å². The number of nitro benzene ring substituents is 1. The van der Waals surface area contributed by atoms with Crippen molar-refractivity contribution in [2.45, 2.75) is 124 Å². The largest absolute Gasteiger partial charge is 0.350 e. The summed E-state index contributed by atoms with van der Waals surface area (Å²) in [4.78, 5) is 70.6. The minimum atomic E-state index is -0.765. The number of hydrogen-bond donors (Lipinski definition) is 2. The minimum Gasteiger partial charge on any atom is -0.350 e. The van der Waals surface area contributed by atoms with Crippen LogP contribution in [0.3, 0.4) is 0 Å². The number of hydrogen-bond acceptors (Lipinski definition) is 7. The molecule has 48 heavy (non-hydrogen) atoms. The summed E-state index contributed by atoms with van der Waals surface area (Å²) in [6.45, 7) is 17.2. The molecule has 0 saturated carbocycles. The maximum absolute atomic E-state index is 14.1. The number of nitrogens with zero attached hydrogens (tertiary/aromatic N) is 4. The molecule has 2 saturated heterocycles. The number of likely N-dealkylation sites (tertiary alicyclic amines) is 2. The van der Waals surface area contributed by atoms with E-state index in [1.54, 1.807) is 42.0 Å². The average Bonchev–Trinajstić information content (AvgIpc) is 3.53. The molecule has 3 rings (SSSR count). The molecule has 1 aromatic carbocycles. The van der Waals surface area contributed by atoms with Gasteiger partial charge in [0.25, 0.3) is 5.69 Å². The van der Waals surface area contributed by atoms with Crippen LogP contribution in [0.2, 0.25) is 0 Å². The predicted molar refractivity (Wildman–Crippen MR) is 186 cm³/mol. The van der Waals surface area contributed by atoms with Gasteiger partial charge in [0.15, 0.2) is 0 Å². The van der Waals surface area contributed by atoms with Crippen molar-refractivity contribution >= 4 is 29.3 Å². The highest BCUT2D eigenvalue weighted by Gasteiger charge is 2.40. The first-order valence-electron chi connectivity index (χ1n) is 17.3. The molecule has 0 aliphatic carbocycles. The fourth-order valence-corrected chi connectivity index (χ4v) is 6.72. The van der Waals surface area contributed by atoms with E-state index in [9.17, 15) is 29.3 Å².